The van der Waals surface area contributed by atoms with E-state index in [1.165, 1.54) is 22.7 Å². The van der Waals surface area contributed by atoms with Gasteiger partial charge in [0.25, 0.3) is 0 Å². The van der Waals surface area contributed by atoms with Crippen LogP contribution in [0.5, 0.6) is 0 Å². The first kappa shape index (κ1) is 8.88. The van der Waals surface area contributed by atoms with E-state index < -0.39 is 0 Å². The molecule has 1 aromatic heterocycles. The van der Waals surface area contributed by atoms with Crippen molar-refractivity contribution in [3.05, 3.63) is 48.9 Å². The fraction of sp³-hybridized carbons (Fsp3) is 0.167. The third-order valence-electron chi connectivity index (χ3n) is 2.28. The molecule has 0 fully saturated rings. The van der Waals surface area contributed by atoms with Crippen LogP contribution in [0.15, 0.2) is 43.3 Å². The van der Waals surface area contributed by atoms with Crippen molar-refractivity contribution in [1.29, 1.82) is 0 Å². The van der Waals surface area contributed by atoms with Gasteiger partial charge in [-0.2, -0.15) is 0 Å². The predicted molar refractivity (Wildman–Crippen MR) is 58.2 cm³/mol. The van der Waals surface area contributed by atoms with Crippen LogP contribution in [0.4, 0.5) is 0 Å². The van der Waals surface area contributed by atoms with E-state index in [0.717, 1.165) is 6.42 Å². The molecule has 2 nitrogen and oxygen atoms in total. The first-order valence-corrected chi connectivity index (χ1v) is 4.69. The molecule has 1 aromatic carbocycles. The lowest BCUT2D eigenvalue weighted by atomic mass is 10.1. The third kappa shape index (κ3) is 1.64. The van der Waals surface area contributed by atoms with E-state index in [9.17, 15) is 0 Å². The first-order chi connectivity index (χ1) is 6.92. The average Bonchev–Trinajstić information content (AvgIpc) is 2.63. The second-order valence-corrected chi connectivity index (χ2v) is 3.15. The second-order valence-electron chi connectivity index (χ2n) is 3.15. The van der Waals surface area contributed by atoms with Crippen LogP contribution in [0.25, 0.3) is 10.9 Å². The number of hydrogen-bond donors (Lipinski definition) is 1. The van der Waals surface area contributed by atoms with E-state index in [2.05, 4.69) is 23.7 Å². The summed E-state index contributed by atoms with van der Waals surface area (Å²) in [4.78, 5) is 3.23. The van der Waals surface area contributed by atoms with E-state index in [4.69, 9.17) is 4.74 Å². The van der Waals surface area contributed by atoms with E-state index in [-0.39, 0.29) is 0 Å². The molecule has 0 amide bonds. The first-order valence-electron chi connectivity index (χ1n) is 4.69. The number of aromatic amines is 1. The lowest BCUT2D eigenvalue weighted by molar-refractivity contribution is 0.255. The average molecular weight is 187 g/mol. The molecule has 0 aliphatic rings. The number of benzene rings is 1. The van der Waals surface area contributed by atoms with Crippen molar-refractivity contribution in [2.45, 2.75) is 6.42 Å². The van der Waals surface area contributed by atoms with E-state index in [1.54, 1.807) is 0 Å². The number of H-pyrrole nitrogens is 1. The van der Waals surface area contributed by atoms with Crippen molar-refractivity contribution >= 4 is 10.9 Å². The topological polar surface area (TPSA) is 25.0 Å². The van der Waals surface area contributed by atoms with Crippen LogP contribution in [0.3, 0.4) is 0 Å². The molecule has 0 aliphatic heterocycles. The Morgan fingerprint density at radius 2 is 2.21 bits per heavy atom. The Morgan fingerprint density at radius 1 is 1.36 bits per heavy atom. The van der Waals surface area contributed by atoms with Crippen LogP contribution in [0.2, 0.25) is 0 Å². The lowest BCUT2D eigenvalue weighted by Crippen LogP contribution is -1.91. The Hall–Kier alpha value is -1.70. The molecule has 0 bridgehead atoms. The maximum Gasteiger partial charge on any atom is 0.0914 e. The van der Waals surface area contributed by atoms with Crippen molar-refractivity contribution in [1.82, 2.24) is 4.98 Å². The molecule has 0 radical (unpaired) electrons. The highest BCUT2D eigenvalue weighted by Gasteiger charge is 2.01. The summed E-state index contributed by atoms with van der Waals surface area (Å²) in [5, 5.41) is 1.28. The zero-order valence-electron chi connectivity index (χ0n) is 7.99. The minimum absolute atomic E-state index is 0.686. The van der Waals surface area contributed by atoms with Crippen molar-refractivity contribution in [3.63, 3.8) is 0 Å². The quantitative estimate of drug-likeness (QED) is 0.577. The van der Waals surface area contributed by atoms with Gasteiger partial charge in [-0.15, -0.1) is 0 Å². The standard InChI is InChI=1S/C12H13NO/c1-2-14-8-7-10-9-13-12-6-4-3-5-11(10)12/h2-6,9,13H,1,7-8H2. The molecular formula is C12H13NO. The molecule has 0 saturated carbocycles. The minimum Gasteiger partial charge on any atom is -0.501 e. The van der Waals surface area contributed by atoms with Crippen LogP contribution in [0.1, 0.15) is 5.56 Å². The zero-order chi connectivity index (χ0) is 9.80. The van der Waals surface area contributed by atoms with E-state index in [0.29, 0.717) is 6.61 Å². The maximum absolute atomic E-state index is 5.11. The number of nitrogens with one attached hydrogen (secondary N) is 1. The summed E-state index contributed by atoms with van der Waals surface area (Å²) < 4.78 is 5.11. The van der Waals surface area contributed by atoms with Gasteiger partial charge in [-0.3, -0.25) is 0 Å². The van der Waals surface area contributed by atoms with Crippen LogP contribution in [0, 0.1) is 0 Å². The molecule has 1 heterocycles. The number of fused-ring (bicyclic) bond motifs is 1. The highest BCUT2D eigenvalue weighted by Crippen LogP contribution is 2.17. The van der Waals surface area contributed by atoms with Crippen LogP contribution >= 0.6 is 0 Å². The van der Waals surface area contributed by atoms with Gasteiger partial charge in [0.1, 0.15) is 0 Å². The van der Waals surface area contributed by atoms with E-state index >= 15 is 0 Å². The summed E-state index contributed by atoms with van der Waals surface area (Å²) in [6.07, 6.45) is 4.43. The largest absolute Gasteiger partial charge is 0.501 e. The molecule has 0 aliphatic carbocycles. The molecule has 0 saturated heterocycles. The van der Waals surface area contributed by atoms with Gasteiger partial charge in [-0.1, -0.05) is 24.8 Å². The molecule has 0 spiro atoms. The van der Waals surface area contributed by atoms with Gasteiger partial charge in [0.15, 0.2) is 0 Å². The molecule has 1 N–H and O–H groups in total. The molecular weight excluding hydrogens is 174 g/mol. The summed E-state index contributed by atoms with van der Waals surface area (Å²) >= 11 is 0. The normalized spacial score (nSPS) is 10.3. The number of rotatable bonds is 4. The third-order valence-corrected chi connectivity index (χ3v) is 2.28. The molecule has 0 atom stereocenters. The Balaban J connectivity index is 2.20. The fourth-order valence-corrected chi connectivity index (χ4v) is 1.59. The van der Waals surface area contributed by atoms with Crippen molar-refractivity contribution < 1.29 is 4.74 Å². The molecule has 2 aromatic rings. The summed E-state index contributed by atoms with van der Waals surface area (Å²) in [6.45, 7) is 4.20. The van der Waals surface area contributed by atoms with Crippen LogP contribution < -0.4 is 0 Å². The minimum atomic E-state index is 0.686. The van der Waals surface area contributed by atoms with Crippen LogP contribution in [-0.4, -0.2) is 11.6 Å². The summed E-state index contributed by atoms with van der Waals surface area (Å²) in [7, 11) is 0. The number of aromatic nitrogens is 1. The summed E-state index contributed by atoms with van der Waals surface area (Å²) in [5.41, 5.74) is 2.48. The van der Waals surface area contributed by atoms with Crippen molar-refractivity contribution in [2.75, 3.05) is 6.61 Å². The number of hydrogen-bond acceptors (Lipinski definition) is 1. The maximum atomic E-state index is 5.11. The number of ether oxygens (including phenoxy) is 1. The van der Waals surface area contributed by atoms with Gasteiger partial charge in [0.05, 0.1) is 12.9 Å². The van der Waals surface area contributed by atoms with Gasteiger partial charge < -0.3 is 9.72 Å². The Bertz CT molecular complexity index is 431. The SMILES string of the molecule is C=COCCc1c[nH]c2ccccc12. The zero-order valence-corrected chi connectivity index (χ0v) is 7.99. The highest BCUT2D eigenvalue weighted by atomic mass is 16.5. The van der Waals surface area contributed by atoms with Gasteiger partial charge >= 0.3 is 0 Å². The fourth-order valence-electron chi connectivity index (χ4n) is 1.59. The predicted octanol–water partition coefficient (Wildman–Crippen LogP) is 2.87. The van der Waals surface area contributed by atoms with Gasteiger partial charge in [0.2, 0.25) is 0 Å². The van der Waals surface area contributed by atoms with E-state index in [1.807, 2.05) is 18.3 Å². The summed E-state index contributed by atoms with van der Waals surface area (Å²) in [5.74, 6) is 0. The summed E-state index contributed by atoms with van der Waals surface area (Å²) in [6, 6.07) is 8.28. The van der Waals surface area contributed by atoms with Gasteiger partial charge in [-0.25, -0.2) is 0 Å². The molecule has 72 valence electrons. The van der Waals surface area contributed by atoms with Crippen molar-refractivity contribution in [3.8, 4) is 0 Å². The molecule has 2 heteroatoms. The molecule has 2 rings (SSSR count). The smallest absolute Gasteiger partial charge is 0.0914 e. The Morgan fingerprint density at radius 3 is 3.07 bits per heavy atom. The Labute approximate surface area is 83.2 Å². The second kappa shape index (κ2) is 4.01. The van der Waals surface area contributed by atoms with Crippen LogP contribution in [-0.2, 0) is 11.2 Å². The Kier molecular flexibility index (Phi) is 2.54. The van der Waals surface area contributed by atoms with Crippen molar-refractivity contribution in [2.24, 2.45) is 0 Å². The van der Waals surface area contributed by atoms with Gasteiger partial charge in [0, 0.05) is 23.5 Å². The molecule has 14 heavy (non-hydrogen) atoms. The molecule has 0 unspecified atom stereocenters. The highest BCUT2D eigenvalue weighted by molar-refractivity contribution is 5.82. The van der Waals surface area contributed by atoms with Gasteiger partial charge in [-0.05, 0) is 11.6 Å². The lowest BCUT2D eigenvalue weighted by Gasteiger charge is -1.98. The number of para-hydroxylation sites is 1. The monoisotopic (exact) mass is 187 g/mol.